The van der Waals surface area contributed by atoms with E-state index in [0.717, 1.165) is 22.5 Å². The maximum absolute atomic E-state index is 5.65. The predicted octanol–water partition coefficient (Wildman–Crippen LogP) is 2.77. The van der Waals surface area contributed by atoms with Gasteiger partial charge in [0.1, 0.15) is 5.82 Å². The highest BCUT2D eigenvalue weighted by Gasteiger charge is 2.08. The van der Waals surface area contributed by atoms with E-state index in [9.17, 15) is 0 Å². The van der Waals surface area contributed by atoms with Crippen molar-refractivity contribution in [2.45, 2.75) is 13.5 Å². The summed E-state index contributed by atoms with van der Waals surface area (Å²) in [5, 5.41) is 0. The third-order valence-corrected chi connectivity index (χ3v) is 3.22. The van der Waals surface area contributed by atoms with Gasteiger partial charge >= 0.3 is 0 Å². The van der Waals surface area contributed by atoms with Gasteiger partial charge in [-0.15, -0.1) is 0 Å². The van der Waals surface area contributed by atoms with Crippen LogP contribution in [0.3, 0.4) is 0 Å². The van der Waals surface area contributed by atoms with E-state index in [1.54, 1.807) is 0 Å². The highest BCUT2D eigenvalue weighted by molar-refractivity contribution is 5.65. The zero-order valence-electron chi connectivity index (χ0n) is 10.3. The largest absolute Gasteiger partial charge is 0.326 e. The Morgan fingerprint density at radius 3 is 2.83 bits per heavy atom. The van der Waals surface area contributed by atoms with E-state index in [2.05, 4.69) is 34.5 Å². The van der Waals surface area contributed by atoms with Crippen LogP contribution in [-0.4, -0.2) is 9.38 Å². The Balaban J connectivity index is 2.22. The van der Waals surface area contributed by atoms with E-state index in [1.165, 1.54) is 5.56 Å². The zero-order chi connectivity index (χ0) is 12.5. The molecule has 3 rings (SSSR count). The molecule has 2 N–H and O–H groups in total. The first kappa shape index (κ1) is 11.0. The topological polar surface area (TPSA) is 43.3 Å². The monoisotopic (exact) mass is 237 g/mol. The summed E-state index contributed by atoms with van der Waals surface area (Å²) in [6.45, 7) is 2.66. The average molecular weight is 237 g/mol. The second-order valence-electron chi connectivity index (χ2n) is 4.43. The fourth-order valence-corrected chi connectivity index (χ4v) is 2.20. The number of hydrogen-bond donors (Lipinski definition) is 1. The number of nitrogens with zero attached hydrogens (tertiary/aromatic N) is 2. The molecule has 3 heteroatoms. The lowest BCUT2D eigenvalue weighted by Crippen LogP contribution is -1.97. The molecule has 2 aromatic heterocycles. The standard InChI is InChI=1S/C15H15N3/c1-11-4-2-3-5-14(11)15-17-10-13-8-12(9-16)6-7-18(13)15/h2-8,10H,9,16H2,1H3. The maximum Gasteiger partial charge on any atom is 0.144 e. The SMILES string of the molecule is Cc1ccccc1-c1ncc2cc(CN)ccn12. The first-order valence-electron chi connectivity index (χ1n) is 6.01. The minimum Gasteiger partial charge on any atom is -0.326 e. The molecular weight excluding hydrogens is 222 g/mol. The molecule has 1 aromatic carbocycles. The number of fused-ring (bicyclic) bond motifs is 1. The van der Waals surface area contributed by atoms with Crippen LogP contribution in [-0.2, 0) is 6.54 Å². The minimum absolute atomic E-state index is 0.557. The zero-order valence-corrected chi connectivity index (χ0v) is 10.3. The van der Waals surface area contributed by atoms with E-state index in [4.69, 9.17) is 5.73 Å². The Labute approximate surface area is 106 Å². The molecular formula is C15H15N3. The van der Waals surface area contributed by atoms with Crippen molar-refractivity contribution in [2.24, 2.45) is 5.73 Å². The fourth-order valence-electron chi connectivity index (χ4n) is 2.20. The van der Waals surface area contributed by atoms with Crippen molar-refractivity contribution >= 4 is 5.52 Å². The molecule has 18 heavy (non-hydrogen) atoms. The number of rotatable bonds is 2. The molecule has 0 aliphatic rings. The molecule has 0 fully saturated rings. The van der Waals surface area contributed by atoms with Crippen molar-refractivity contribution in [1.82, 2.24) is 9.38 Å². The molecule has 0 spiro atoms. The first-order valence-corrected chi connectivity index (χ1v) is 6.01. The van der Waals surface area contributed by atoms with Crippen molar-refractivity contribution in [3.05, 3.63) is 59.9 Å². The summed E-state index contributed by atoms with van der Waals surface area (Å²) >= 11 is 0. The van der Waals surface area contributed by atoms with Crippen LogP contribution < -0.4 is 5.73 Å². The summed E-state index contributed by atoms with van der Waals surface area (Å²) in [6, 6.07) is 12.4. The smallest absolute Gasteiger partial charge is 0.144 e. The van der Waals surface area contributed by atoms with Crippen LogP contribution in [0.4, 0.5) is 0 Å². The Hall–Kier alpha value is -2.13. The van der Waals surface area contributed by atoms with Crippen LogP contribution >= 0.6 is 0 Å². The molecule has 0 amide bonds. The molecule has 0 unspecified atom stereocenters. The van der Waals surface area contributed by atoms with Gasteiger partial charge in [-0.05, 0) is 30.2 Å². The van der Waals surface area contributed by atoms with Gasteiger partial charge in [0.05, 0.1) is 11.7 Å². The normalized spacial score (nSPS) is 11.0. The van der Waals surface area contributed by atoms with Gasteiger partial charge in [-0.2, -0.15) is 0 Å². The number of aromatic nitrogens is 2. The minimum atomic E-state index is 0.557. The number of aryl methyl sites for hydroxylation is 1. The molecule has 2 heterocycles. The van der Waals surface area contributed by atoms with Gasteiger partial charge in [0.25, 0.3) is 0 Å². The van der Waals surface area contributed by atoms with Crippen LogP contribution in [0, 0.1) is 6.92 Å². The second-order valence-corrected chi connectivity index (χ2v) is 4.43. The second kappa shape index (κ2) is 4.27. The third-order valence-electron chi connectivity index (χ3n) is 3.22. The van der Waals surface area contributed by atoms with E-state index in [0.29, 0.717) is 6.54 Å². The van der Waals surface area contributed by atoms with Gasteiger partial charge in [-0.25, -0.2) is 4.98 Å². The lowest BCUT2D eigenvalue weighted by molar-refractivity contribution is 1.05. The fraction of sp³-hybridized carbons (Fsp3) is 0.133. The van der Waals surface area contributed by atoms with Crippen LogP contribution in [0.1, 0.15) is 11.1 Å². The van der Waals surface area contributed by atoms with E-state index in [1.807, 2.05) is 30.6 Å². The molecule has 0 aliphatic heterocycles. The van der Waals surface area contributed by atoms with E-state index < -0.39 is 0 Å². The Morgan fingerprint density at radius 2 is 2.06 bits per heavy atom. The van der Waals surface area contributed by atoms with Gasteiger partial charge in [0.15, 0.2) is 0 Å². The number of benzene rings is 1. The third kappa shape index (κ3) is 1.69. The van der Waals surface area contributed by atoms with Crippen molar-refractivity contribution < 1.29 is 0 Å². The number of imidazole rings is 1. The van der Waals surface area contributed by atoms with Gasteiger partial charge in [-0.1, -0.05) is 24.3 Å². The summed E-state index contributed by atoms with van der Waals surface area (Å²) in [4.78, 5) is 4.52. The van der Waals surface area contributed by atoms with Gasteiger partial charge in [-0.3, -0.25) is 4.40 Å². The lowest BCUT2D eigenvalue weighted by Gasteiger charge is -2.05. The molecule has 3 aromatic rings. The maximum atomic E-state index is 5.65. The number of hydrogen-bond acceptors (Lipinski definition) is 2. The lowest BCUT2D eigenvalue weighted by atomic mass is 10.1. The molecule has 3 nitrogen and oxygen atoms in total. The van der Waals surface area contributed by atoms with E-state index >= 15 is 0 Å². The van der Waals surface area contributed by atoms with Crippen molar-refractivity contribution in [1.29, 1.82) is 0 Å². The van der Waals surface area contributed by atoms with E-state index in [-0.39, 0.29) is 0 Å². The van der Waals surface area contributed by atoms with Crippen LogP contribution in [0.5, 0.6) is 0 Å². The highest BCUT2D eigenvalue weighted by Crippen LogP contribution is 2.23. The summed E-state index contributed by atoms with van der Waals surface area (Å²) in [7, 11) is 0. The number of nitrogens with two attached hydrogens (primary N) is 1. The molecule has 0 aliphatic carbocycles. The molecule has 0 saturated heterocycles. The summed E-state index contributed by atoms with van der Waals surface area (Å²) in [5.41, 5.74) is 10.3. The quantitative estimate of drug-likeness (QED) is 0.744. The Morgan fingerprint density at radius 1 is 1.22 bits per heavy atom. The highest BCUT2D eigenvalue weighted by atomic mass is 15.0. The average Bonchev–Trinajstić information content (AvgIpc) is 2.82. The number of pyridine rings is 1. The molecule has 90 valence electrons. The van der Waals surface area contributed by atoms with Gasteiger partial charge < -0.3 is 5.73 Å². The summed E-state index contributed by atoms with van der Waals surface area (Å²) in [5.74, 6) is 0.978. The molecule has 0 atom stereocenters. The summed E-state index contributed by atoms with van der Waals surface area (Å²) in [6.07, 6.45) is 3.92. The van der Waals surface area contributed by atoms with Crippen molar-refractivity contribution in [3.63, 3.8) is 0 Å². The molecule has 0 radical (unpaired) electrons. The van der Waals surface area contributed by atoms with Crippen LogP contribution in [0.15, 0.2) is 48.8 Å². The Bertz CT molecular complexity index is 698. The van der Waals surface area contributed by atoms with Crippen molar-refractivity contribution in [3.8, 4) is 11.4 Å². The predicted molar refractivity (Wildman–Crippen MR) is 73.3 cm³/mol. The first-order chi connectivity index (χ1) is 8.79. The van der Waals surface area contributed by atoms with Gasteiger partial charge in [0.2, 0.25) is 0 Å². The molecule has 0 saturated carbocycles. The Kier molecular flexibility index (Phi) is 2.61. The van der Waals surface area contributed by atoms with Crippen molar-refractivity contribution in [2.75, 3.05) is 0 Å². The summed E-state index contributed by atoms with van der Waals surface area (Å²) < 4.78 is 2.10. The molecule has 0 bridgehead atoms. The van der Waals surface area contributed by atoms with Crippen LogP contribution in [0.2, 0.25) is 0 Å². The van der Waals surface area contributed by atoms with Crippen LogP contribution in [0.25, 0.3) is 16.9 Å². The van der Waals surface area contributed by atoms with Gasteiger partial charge in [0, 0.05) is 18.3 Å².